The summed E-state index contributed by atoms with van der Waals surface area (Å²) in [6.07, 6.45) is 7.05. The zero-order valence-electron chi connectivity index (χ0n) is 15.2. The Labute approximate surface area is 153 Å². The standard InChI is InChI=1S/C20H26N4O2/c1-2-16(21-19(25)15-12-6-3-4-7-13-15)17-20(26)22-18(24-23-17)14-10-8-5-9-11-14/h5,8-11,15-16H,2-4,6-7,12-13H2,1H3,(H,21,25)(H,22,24,26). The smallest absolute Gasteiger partial charge is 0.275 e. The van der Waals surface area contributed by atoms with Crippen LogP contribution in [0.25, 0.3) is 11.4 Å². The van der Waals surface area contributed by atoms with Gasteiger partial charge >= 0.3 is 0 Å². The molecule has 2 aromatic rings. The van der Waals surface area contributed by atoms with Crippen LogP contribution in [0.2, 0.25) is 0 Å². The molecule has 1 unspecified atom stereocenters. The minimum Gasteiger partial charge on any atom is -0.347 e. The number of amides is 1. The highest BCUT2D eigenvalue weighted by Gasteiger charge is 2.25. The molecule has 0 aliphatic heterocycles. The maximum absolute atomic E-state index is 12.6. The van der Waals surface area contributed by atoms with Gasteiger partial charge in [0.25, 0.3) is 5.56 Å². The number of nitrogens with zero attached hydrogens (tertiary/aromatic N) is 2. The Hall–Kier alpha value is -2.50. The molecule has 1 atom stereocenters. The molecule has 1 aromatic carbocycles. The third-order valence-electron chi connectivity index (χ3n) is 5.05. The lowest BCUT2D eigenvalue weighted by atomic mass is 9.98. The fraction of sp³-hybridized carbons (Fsp3) is 0.500. The number of aromatic nitrogens is 3. The predicted molar refractivity (Wildman–Crippen MR) is 100 cm³/mol. The van der Waals surface area contributed by atoms with Crippen LogP contribution in [0, 0.1) is 5.92 Å². The van der Waals surface area contributed by atoms with Crippen molar-refractivity contribution in [2.24, 2.45) is 5.92 Å². The molecule has 26 heavy (non-hydrogen) atoms. The fourth-order valence-corrected chi connectivity index (χ4v) is 3.49. The highest BCUT2D eigenvalue weighted by molar-refractivity contribution is 5.79. The maximum Gasteiger partial charge on any atom is 0.275 e. The summed E-state index contributed by atoms with van der Waals surface area (Å²) in [5, 5.41) is 11.3. The second kappa shape index (κ2) is 8.74. The Kier molecular flexibility index (Phi) is 6.15. The number of benzene rings is 1. The topological polar surface area (TPSA) is 87.7 Å². The number of carbonyl (C=O) groups excluding carboxylic acids is 1. The van der Waals surface area contributed by atoms with Gasteiger partial charge in [-0.2, -0.15) is 0 Å². The molecule has 1 saturated carbocycles. The van der Waals surface area contributed by atoms with E-state index in [1.807, 2.05) is 37.3 Å². The van der Waals surface area contributed by atoms with Crippen LogP contribution >= 0.6 is 0 Å². The number of aromatic amines is 1. The molecule has 3 rings (SSSR count). The minimum absolute atomic E-state index is 0.0343. The van der Waals surface area contributed by atoms with Crippen LogP contribution in [0.1, 0.15) is 63.6 Å². The number of carbonyl (C=O) groups is 1. The lowest BCUT2D eigenvalue weighted by Crippen LogP contribution is -2.37. The molecule has 138 valence electrons. The van der Waals surface area contributed by atoms with Crippen molar-refractivity contribution in [2.45, 2.75) is 57.9 Å². The van der Waals surface area contributed by atoms with Crippen LogP contribution < -0.4 is 10.9 Å². The van der Waals surface area contributed by atoms with E-state index in [-0.39, 0.29) is 23.1 Å². The third kappa shape index (κ3) is 4.36. The normalized spacial score (nSPS) is 16.7. The predicted octanol–water partition coefficient (Wildman–Crippen LogP) is 3.37. The van der Waals surface area contributed by atoms with E-state index in [1.165, 1.54) is 12.8 Å². The van der Waals surface area contributed by atoms with Gasteiger partial charge in [0.1, 0.15) is 0 Å². The zero-order valence-corrected chi connectivity index (χ0v) is 15.2. The number of H-pyrrole nitrogens is 1. The first kappa shape index (κ1) is 18.3. The van der Waals surface area contributed by atoms with E-state index in [9.17, 15) is 9.59 Å². The molecule has 0 spiro atoms. The maximum atomic E-state index is 12.6. The average molecular weight is 354 g/mol. The minimum atomic E-state index is -0.410. The van der Waals surface area contributed by atoms with E-state index in [2.05, 4.69) is 20.5 Å². The lowest BCUT2D eigenvalue weighted by molar-refractivity contribution is -0.126. The first-order chi connectivity index (χ1) is 12.7. The monoisotopic (exact) mass is 354 g/mol. The summed E-state index contributed by atoms with van der Waals surface area (Å²) >= 11 is 0. The highest BCUT2D eigenvalue weighted by atomic mass is 16.2. The van der Waals surface area contributed by atoms with E-state index in [4.69, 9.17) is 0 Å². The first-order valence-electron chi connectivity index (χ1n) is 9.51. The van der Waals surface area contributed by atoms with Gasteiger partial charge < -0.3 is 10.3 Å². The van der Waals surface area contributed by atoms with Gasteiger partial charge in [0.2, 0.25) is 5.91 Å². The van der Waals surface area contributed by atoms with Gasteiger partial charge in [-0.1, -0.05) is 62.9 Å². The Morgan fingerprint density at radius 1 is 1.15 bits per heavy atom. The van der Waals surface area contributed by atoms with Crippen LogP contribution in [0.15, 0.2) is 35.1 Å². The molecule has 1 aliphatic carbocycles. The van der Waals surface area contributed by atoms with Crippen LogP contribution in [-0.2, 0) is 4.79 Å². The van der Waals surface area contributed by atoms with Crippen molar-refractivity contribution in [1.82, 2.24) is 20.5 Å². The van der Waals surface area contributed by atoms with E-state index in [0.29, 0.717) is 12.2 Å². The summed E-state index contributed by atoms with van der Waals surface area (Å²) in [4.78, 5) is 27.9. The van der Waals surface area contributed by atoms with Crippen LogP contribution in [0.5, 0.6) is 0 Å². The van der Waals surface area contributed by atoms with E-state index in [0.717, 1.165) is 31.2 Å². The fourth-order valence-electron chi connectivity index (χ4n) is 3.49. The number of nitrogens with one attached hydrogen (secondary N) is 2. The Morgan fingerprint density at radius 3 is 2.46 bits per heavy atom. The molecule has 0 radical (unpaired) electrons. The van der Waals surface area contributed by atoms with Crippen molar-refractivity contribution >= 4 is 5.91 Å². The van der Waals surface area contributed by atoms with Gasteiger partial charge in [-0.15, -0.1) is 10.2 Å². The van der Waals surface area contributed by atoms with Gasteiger partial charge in [-0.05, 0) is 19.3 Å². The van der Waals surface area contributed by atoms with E-state index < -0.39 is 6.04 Å². The first-order valence-corrected chi connectivity index (χ1v) is 9.51. The molecule has 6 nitrogen and oxygen atoms in total. The summed E-state index contributed by atoms with van der Waals surface area (Å²) in [6.45, 7) is 1.93. The second-order valence-electron chi connectivity index (χ2n) is 6.91. The van der Waals surface area contributed by atoms with Crippen molar-refractivity contribution in [3.8, 4) is 11.4 Å². The van der Waals surface area contributed by atoms with E-state index in [1.54, 1.807) is 0 Å². The highest BCUT2D eigenvalue weighted by Crippen LogP contribution is 2.24. The van der Waals surface area contributed by atoms with Crippen molar-refractivity contribution in [1.29, 1.82) is 0 Å². The van der Waals surface area contributed by atoms with Crippen LogP contribution in [-0.4, -0.2) is 21.1 Å². The van der Waals surface area contributed by atoms with Gasteiger partial charge in [-0.25, -0.2) is 0 Å². The quantitative estimate of drug-likeness (QED) is 0.806. The van der Waals surface area contributed by atoms with Crippen molar-refractivity contribution in [3.63, 3.8) is 0 Å². The molecule has 1 aromatic heterocycles. The van der Waals surface area contributed by atoms with Gasteiger partial charge in [0.15, 0.2) is 11.5 Å². The molecule has 1 heterocycles. The van der Waals surface area contributed by atoms with Crippen molar-refractivity contribution in [2.75, 3.05) is 0 Å². The van der Waals surface area contributed by atoms with E-state index >= 15 is 0 Å². The van der Waals surface area contributed by atoms with Gasteiger partial charge in [0.05, 0.1) is 6.04 Å². The molecule has 1 fully saturated rings. The Bertz CT molecular complexity index is 780. The van der Waals surface area contributed by atoms with Crippen LogP contribution in [0.4, 0.5) is 0 Å². The summed E-state index contributed by atoms with van der Waals surface area (Å²) in [5.74, 6) is 0.513. The summed E-state index contributed by atoms with van der Waals surface area (Å²) in [5.41, 5.74) is 0.778. The SMILES string of the molecule is CCC(NC(=O)C1CCCCCC1)c1nnc(-c2ccccc2)[nH]c1=O. The molecule has 2 N–H and O–H groups in total. The second-order valence-corrected chi connectivity index (χ2v) is 6.91. The number of rotatable bonds is 5. The Balaban J connectivity index is 1.75. The summed E-state index contributed by atoms with van der Waals surface area (Å²) in [6, 6.07) is 8.98. The van der Waals surface area contributed by atoms with Gasteiger partial charge in [0, 0.05) is 11.5 Å². The third-order valence-corrected chi connectivity index (χ3v) is 5.05. The molecule has 6 heteroatoms. The lowest BCUT2D eigenvalue weighted by Gasteiger charge is -2.20. The summed E-state index contributed by atoms with van der Waals surface area (Å²) < 4.78 is 0. The molecule has 1 amide bonds. The number of hydrogen-bond donors (Lipinski definition) is 2. The largest absolute Gasteiger partial charge is 0.347 e. The molecule has 0 saturated heterocycles. The van der Waals surface area contributed by atoms with Crippen LogP contribution in [0.3, 0.4) is 0 Å². The van der Waals surface area contributed by atoms with Crippen molar-refractivity contribution in [3.05, 3.63) is 46.4 Å². The molecule has 0 bridgehead atoms. The Morgan fingerprint density at radius 2 is 1.85 bits per heavy atom. The number of hydrogen-bond acceptors (Lipinski definition) is 4. The zero-order chi connectivity index (χ0) is 18.4. The average Bonchev–Trinajstić information content (AvgIpc) is 2.96. The summed E-state index contributed by atoms with van der Waals surface area (Å²) in [7, 11) is 0. The molecular weight excluding hydrogens is 328 g/mol. The molecule has 1 aliphatic rings. The van der Waals surface area contributed by atoms with Gasteiger partial charge in [-0.3, -0.25) is 9.59 Å². The molecular formula is C20H26N4O2. The van der Waals surface area contributed by atoms with Crippen molar-refractivity contribution < 1.29 is 4.79 Å².